The van der Waals surface area contributed by atoms with Gasteiger partial charge in [-0.15, -0.1) is 0 Å². The molecule has 2 bridgehead atoms. The Morgan fingerprint density at radius 2 is 1.62 bits per heavy atom. The molecule has 3 aromatic rings. The van der Waals surface area contributed by atoms with Crippen molar-refractivity contribution >= 4 is 21.5 Å². The zero-order valence-electron chi connectivity index (χ0n) is 8.90. The van der Waals surface area contributed by atoms with Crippen LogP contribution < -0.4 is 0 Å². The Bertz CT molecular complexity index is 713. The van der Waals surface area contributed by atoms with E-state index in [2.05, 4.69) is 47.4 Å². The van der Waals surface area contributed by atoms with Crippen LogP contribution in [0.3, 0.4) is 0 Å². The van der Waals surface area contributed by atoms with Crippen molar-refractivity contribution in [2.75, 3.05) is 0 Å². The standard InChI is InChI=1S/C15H11N/c1-2-4-11-9-14-12(7-10(11)3-1)8-13-5-6-15(14)16-13/h1-4,7-9H,5-6H2. The Labute approximate surface area is 93.7 Å². The van der Waals surface area contributed by atoms with E-state index < -0.39 is 0 Å². The minimum Gasteiger partial charge on any atom is -0.257 e. The topological polar surface area (TPSA) is 12.9 Å². The van der Waals surface area contributed by atoms with Gasteiger partial charge in [0.15, 0.2) is 0 Å². The van der Waals surface area contributed by atoms with Gasteiger partial charge in [-0.05, 0) is 47.2 Å². The lowest BCUT2D eigenvalue weighted by atomic mass is 10.0. The van der Waals surface area contributed by atoms with Crippen LogP contribution in [0.5, 0.6) is 0 Å². The minimum absolute atomic E-state index is 1.11. The van der Waals surface area contributed by atoms with Crippen LogP contribution in [0.4, 0.5) is 0 Å². The van der Waals surface area contributed by atoms with Crippen molar-refractivity contribution in [3.63, 3.8) is 0 Å². The predicted octanol–water partition coefficient (Wildman–Crippen LogP) is 3.49. The van der Waals surface area contributed by atoms with Crippen molar-refractivity contribution in [1.82, 2.24) is 4.98 Å². The van der Waals surface area contributed by atoms with Crippen LogP contribution in [0.15, 0.2) is 42.5 Å². The molecule has 0 fully saturated rings. The Hall–Kier alpha value is -1.89. The number of hydrogen-bond acceptors (Lipinski definition) is 1. The van der Waals surface area contributed by atoms with Gasteiger partial charge in [0.25, 0.3) is 0 Å². The molecule has 2 aromatic carbocycles. The second-order valence-corrected chi connectivity index (χ2v) is 4.48. The molecule has 1 nitrogen and oxygen atoms in total. The van der Waals surface area contributed by atoms with Gasteiger partial charge in [0, 0.05) is 16.8 Å². The van der Waals surface area contributed by atoms with Gasteiger partial charge in [-0.25, -0.2) is 0 Å². The number of benzene rings is 2. The van der Waals surface area contributed by atoms with E-state index in [1.165, 1.54) is 32.9 Å². The van der Waals surface area contributed by atoms with E-state index in [1.807, 2.05) is 0 Å². The third-order valence-corrected chi connectivity index (χ3v) is 3.45. The van der Waals surface area contributed by atoms with Crippen molar-refractivity contribution in [3.8, 4) is 0 Å². The van der Waals surface area contributed by atoms with Gasteiger partial charge in [-0.2, -0.15) is 0 Å². The number of aromatic nitrogens is 1. The molecule has 0 spiro atoms. The number of hydrogen-bond donors (Lipinski definition) is 0. The molecule has 1 aromatic heterocycles. The molecule has 2 heterocycles. The molecule has 0 atom stereocenters. The first-order valence-corrected chi connectivity index (χ1v) is 5.71. The van der Waals surface area contributed by atoms with E-state index in [-0.39, 0.29) is 0 Å². The van der Waals surface area contributed by atoms with E-state index >= 15 is 0 Å². The molecule has 0 N–H and O–H groups in total. The predicted molar refractivity (Wildman–Crippen MR) is 66.7 cm³/mol. The molecule has 1 aliphatic rings. The summed E-state index contributed by atoms with van der Waals surface area (Å²) < 4.78 is 0. The van der Waals surface area contributed by atoms with E-state index in [0.717, 1.165) is 12.8 Å². The highest BCUT2D eigenvalue weighted by atomic mass is 14.7. The summed E-state index contributed by atoms with van der Waals surface area (Å²) in [6.45, 7) is 0. The van der Waals surface area contributed by atoms with Crippen LogP contribution in [0.25, 0.3) is 21.5 Å². The second kappa shape index (κ2) is 2.82. The van der Waals surface area contributed by atoms with E-state index in [9.17, 15) is 0 Å². The third-order valence-electron chi connectivity index (χ3n) is 3.45. The first-order valence-electron chi connectivity index (χ1n) is 5.71. The normalized spacial score (nSPS) is 13.8. The molecular weight excluding hydrogens is 194 g/mol. The molecule has 76 valence electrons. The summed E-state index contributed by atoms with van der Waals surface area (Å²) in [5, 5.41) is 5.31. The molecular formula is C15H11N. The molecule has 4 rings (SSSR count). The average Bonchev–Trinajstić information content (AvgIpc) is 2.71. The van der Waals surface area contributed by atoms with Gasteiger partial charge in [0.2, 0.25) is 0 Å². The summed E-state index contributed by atoms with van der Waals surface area (Å²) in [4.78, 5) is 4.62. The van der Waals surface area contributed by atoms with E-state index in [0.29, 0.717) is 0 Å². The van der Waals surface area contributed by atoms with Crippen LogP contribution in [-0.2, 0) is 12.8 Å². The maximum absolute atomic E-state index is 4.62. The Morgan fingerprint density at radius 3 is 2.50 bits per heavy atom. The van der Waals surface area contributed by atoms with Crippen LogP contribution in [-0.4, -0.2) is 4.98 Å². The van der Waals surface area contributed by atoms with Crippen LogP contribution in [0.1, 0.15) is 11.4 Å². The van der Waals surface area contributed by atoms with Crippen LogP contribution >= 0.6 is 0 Å². The molecule has 16 heavy (non-hydrogen) atoms. The second-order valence-electron chi connectivity index (χ2n) is 4.48. The summed E-state index contributed by atoms with van der Waals surface area (Å²) in [6.07, 6.45) is 2.22. The van der Waals surface area contributed by atoms with Crippen molar-refractivity contribution in [3.05, 3.63) is 53.9 Å². The third kappa shape index (κ3) is 1.03. The Balaban J connectivity index is 2.23. The number of pyridine rings is 1. The maximum Gasteiger partial charge on any atom is 0.0489 e. The summed E-state index contributed by atoms with van der Waals surface area (Å²) >= 11 is 0. The van der Waals surface area contributed by atoms with Gasteiger partial charge in [0.05, 0.1) is 0 Å². The first kappa shape index (κ1) is 8.28. The van der Waals surface area contributed by atoms with Crippen molar-refractivity contribution in [2.45, 2.75) is 12.8 Å². The smallest absolute Gasteiger partial charge is 0.0489 e. The molecule has 0 unspecified atom stereocenters. The van der Waals surface area contributed by atoms with E-state index in [4.69, 9.17) is 0 Å². The number of rotatable bonds is 0. The summed E-state index contributed by atoms with van der Waals surface area (Å²) in [6, 6.07) is 15.3. The molecule has 1 aliphatic heterocycles. The monoisotopic (exact) mass is 205 g/mol. The lowest BCUT2D eigenvalue weighted by molar-refractivity contribution is 1.04. The molecule has 0 aliphatic carbocycles. The first-order chi connectivity index (χ1) is 7.90. The summed E-state index contributed by atoms with van der Waals surface area (Å²) in [5.41, 5.74) is 2.52. The van der Waals surface area contributed by atoms with Crippen LogP contribution in [0.2, 0.25) is 0 Å². The van der Waals surface area contributed by atoms with Crippen molar-refractivity contribution < 1.29 is 0 Å². The largest absolute Gasteiger partial charge is 0.257 e. The van der Waals surface area contributed by atoms with Gasteiger partial charge < -0.3 is 0 Å². The number of fused-ring (bicyclic) bond motifs is 5. The fraction of sp³-hybridized carbons (Fsp3) is 0.133. The highest BCUT2D eigenvalue weighted by molar-refractivity contribution is 5.99. The van der Waals surface area contributed by atoms with Gasteiger partial charge >= 0.3 is 0 Å². The quantitative estimate of drug-likeness (QED) is 0.512. The fourth-order valence-electron chi connectivity index (χ4n) is 2.64. The molecule has 1 heteroatoms. The zero-order chi connectivity index (χ0) is 10.5. The van der Waals surface area contributed by atoms with Gasteiger partial charge in [0.1, 0.15) is 0 Å². The SMILES string of the molecule is c1ccc2cc3c4nc(cc3cc2c1)CC4. The lowest BCUT2D eigenvalue weighted by Gasteiger charge is -2.03. The molecule has 0 saturated heterocycles. The lowest BCUT2D eigenvalue weighted by Crippen LogP contribution is -1.84. The van der Waals surface area contributed by atoms with Crippen molar-refractivity contribution in [1.29, 1.82) is 0 Å². The highest BCUT2D eigenvalue weighted by Crippen LogP contribution is 2.29. The van der Waals surface area contributed by atoms with Crippen LogP contribution in [0, 0.1) is 0 Å². The number of nitrogens with zero attached hydrogens (tertiary/aromatic N) is 1. The minimum atomic E-state index is 1.11. The Kier molecular flexibility index (Phi) is 1.46. The highest BCUT2D eigenvalue weighted by Gasteiger charge is 2.13. The number of aryl methyl sites for hydroxylation is 2. The zero-order valence-corrected chi connectivity index (χ0v) is 8.90. The van der Waals surface area contributed by atoms with Crippen molar-refractivity contribution in [2.24, 2.45) is 0 Å². The molecule has 0 amide bonds. The maximum atomic E-state index is 4.62. The summed E-state index contributed by atoms with van der Waals surface area (Å²) in [7, 11) is 0. The average molecular weight is 205 g/mol. The van der Waals surface area contributed by atoms with Gasteiger partial charge in [-0.3, -0.25) is 4.98 Å². The molecule has 0 saturated carbocycles. The van der Waals surface area contributed by atoms with Gasteiger partial charge in [-0.1, -0.05) is 24.3 Å². The fourth-order valence-corrected chi connectivity index (χ4v) is 2.64. The molecule has 0 radical (unpaired) electrons. The Morgan fingerprint density at radius 1 is 0.812 bits per heavy atom. The summed E-state index contributed by atoms with van der Waals surface area (Å²) in [5.74, 6) is 0. The van der Waals surface area contributed by atoms with E-state index in [1.54, 1.807) is 0 Å².